The molecule has 2 amide bonds. The molecule has 9 nitrogen and oxygen atoms in total. The Morgan fingerprint density at radius 1 is 1.03 bits per heavy atom. The van der Waals surface area contributed by atoms with E-state index in [2.05, 4.69) is 42.4 Å². The van der Waals surface area contributed by atoms with Gasteiger partial charge in [0.1, 0.15) is 17.2 Å². The second-order valence-electron chi connectivity index (χ2n) is 9.47. The van der Waals surface area contributed by atoms with Gasteiger partial charge in [-0.2, -0.15) is 0 Å². The third-order valence-electron chi connectivity index (χ3n) is 6.83. The number of aromatic amines is 1. The standard InChI is InChI=1S/C29H27N7O2/c1-35-10-12-36(13-11-35)23-9-5-8-20(14-23)28(37)32-22-16-24-21(17-30-27(24)31-18-22)15-25-29(38)34-26(33-25)19-6-3-2-4-7-19/h2-9,14-18H,10-13H2,1H3,(H,30,31)(H,32,37)(H,33,34,38). The molecule has 38 heavy (non-hydrogen) atoms. The Labute approximate surface area is 219 Å². The van der Waals surface area contributed by atoms with Crippen molar-refractivity contribution in [3.63, 3.8) is 0 Å². The molecule has 2 aromatic heterocycles. The SMILES string of the molecule is CN1CCN(c2cccc(C(=O)Nc3cnc4[nH]cc(C=C5N=C(c6ccccc6)NC5=O)c4c3)c2)CC1. The summed E-state index contributed by atoms with van der Waals surface area (Å²) in [6, 6.07) is 19.1. The Morgan fingerprint density at radius 3 is 2.66 bits per heavy atom. The number of amides is 2. The first-order chi connectivity index (χ1) is 18.5. The van der Waals surface area contributed by atoms with Crippen LogP contribution in [0.5, 0.6) is 0 Å². The molecule has 4 heterocycles. The molecule has 0 unspecified atom stereocenters. The van der Waals surface area contributed by atoms with E-state index in [1.165, 1.54) is 0 Å². The van der Waals surface area contributed by atoms with Gasteiger partial charge in [-0.25, -0.2) is 9.98 Å². The molecule has 3 N–H and O–H groups in total. The molecule has 190 valence electrons. The molecular formula is C29H27N7O2. The van der Waals surface area contributed by atoms with Gasteiger partial charge in [0.25, 0.3) is 11.8 Å². The predicted octanol–water partition coefficient (Wildman–Crippen LogP) is 3.48. The third-order valence-corrected chi connectivity index (χ3v) is 6.83. The van der Waals surface area contributed by atoms with Crippen LogP contribution in [0.1, 0.15) is 21.5 Å². The minimum Gasteiger partial charge on any atom is -0.369 e. The quantitative estimate of drug-likeness (QED) is 0.360. The van der Waals surface area contributed by atoms with Crippen molar-refractivity contribution < 1.29 is 9.59 Å². The van der Waals surface area contributed by atoms with Crippen molar-refractivity contribution in [1.82, 2.24) is 20.2 Å². The second kappa shape index (κ2) is 9.95. The molecule has 2 aliphatic rings. The van der Waals surface area contributed by atoms with Crippen molar-refractivity contribution in [1.29, 1.82) is 0 Å². The molecule has 1 fully saturated rings. The summed E-state index contributed by atoms with van der Waals surface area (Å²) in [5, 5.41) is 6.56. The lowest BCUT2D eigenvalue weighted by Crippen LogP contribution is -2.44. The zero-order chi connectivity index (χ0) is 26.1. The van der Waals surface area contributed by atoms with E-state index >= 15 is 0 Å². The first-order valence-corrected chi connectivity index (χ1v) is 12.5. The topological polar surface area (TPSA) is 106 Å². The molecular weight excluding hydrogens is 478 g/mol. The number of aromatic nitrogens is 2. The number of rotatable bonds is 5. The average Bonchev–Trinajstić information content (AvgIpc) is 3.52. The number of hydrogen-bond donors (Lipinski definition) is 3. The van der Waals surface area contributed by atoms with Gasteiger partial charge in [0.15, 0.2) is 0 Å². The first-order valence-electron chi connectivity index (χ1n) is 12.5. The highest BCUT2D eigenvalue weighted by Gasteiger charge is 2.22. The largest absolute Gasteiger partial charge is 0.369 e. The van der Waals surface area contributed by atoms with Crippen LogP contribution in [0.15, 0.2) is 83.7 Å². The van der Waals surface area contributed by atoms with Gasteiger partial charge in [-0.1, -0.05) is 36.4 Å². The van der Waals surface area contributed by atoms with Gasteiger partial charge in [0.2, 0.25) is 0 Å². The van der Waals surface area contributed by atoms with Gasteiger partial charge in [0.05, 0.1) is 11.9 Å². The zero-order valence-corrected chi connectivity index (χ0v) is 20.9. The number of pyridine rings is 1. The van der Waals surface area contributed by atoms with Gasteiger partial charge in [0, 0.05) is 60.1 Å². The van der Waals surface area contributed by atoms with Crippen LogP contribution in [0.3, 0.4) is 0 Å². The number of hydrogen-bond acceptors (Lipinski definition) is 6. The van der Waals surface area contributed by atoms with E-state index in [-0.39, 0.29) is 11.8 Å². The number of piperazine rings is 1. The van der Waals surface area contributed by atoms with Gasteiger partial charge >= 0.3 is 0 Å². The lowest BCUT2D eigenvalue weighted by atomic mass is 10.1. The number of nitrogens with one attached hydrogen (secondary N) is 3. The van der Waals surface area contributed by atoms with Gasteiger partial charge < -0.3 is 25.4 Å². The molecule has 0 aliphatic carbocycles. The number of nitrogens with zero attached hydrogens (tertiary/aromatic N) is 4. The molecule has 0 atom stereocenters. The average molecular weight is 506 g/mol. The fourth-order valence-electron chi connectivity index (χ4n) is 4.67. The number of aliphatic imine (C=N–C) groups is 1. The lowest BCUT2D eigenvalue weighted by Gasteiger charge is -2.34. The maximum atomic E-state index is 13.1. The molecule has 0 bridgehead atoms. The van der Waals surface area contributed by atoms with Crippen LogP contribution in [-0.2, 0) is 4.79 Å². The maximum Gasteiger partial charge on any atom is 0.275 e. The van der Waals surface area contributed by atoms with Gasteiger partial charge in [-0.05, 0) is 37.4 Å². The molecule has 0 radical (unpaired) electrons. The summed E-state index contributed by atoms with van der Waals surface area (Å²) < 4.78 is 0. The maximum absolute atomic E-state index is 13.1. The number of likely N-dealkylation sites (N-methyl/N-ethyl adjacent to an activating group) is 1. The van der Waals surface area contributed by atoms with E-state index in [1.54, 1.807) is 18.5 Å². The Balaban J connectivity index is 1.23. The Bertz CT molecular complexity index is 1580. The lowest BCUT2D eigenvalue weighted by molar-refractivity contribution is -0.115. The number of H-pyrrole nitrogens is 1. The molecule has 1 saturated heterocycles. The summed E-state index contributed by atoms with van der Waals surface area (Å²) in [6.45, 7) is 3.86. The summed E-state index contributed by atoms with van der Waals surface area (Å²) in [4.78, 5) is 42.3. The van der Waals surface area contributed by atoms with Crippen LogP contribution >= 0.6 is 0 Å². The summed E-state index contributed by atoms with van der Waals surface area (Å²) in [7, 11) is 2.12. The summed E-state index contributed by atoms with van der Waals surface area (Å²) in [6.07, 6.45) is 5.11. The van der Waals surface area contributed by atoms with Crippen LogP contribution in [0.2, 0.25) is 0 Å². The van der Waals surface area contributed by atoms with Crippen LogP contribution < -0.4 is 15.5 Å². The molecule has 2 aromatic carbocycles. The van der Waals surface area contributed by atoms with Crippen molar-refractivity contribution in [2.75, 3.05) is 43.4 Å². The predicted molar refractivity (Wildman–Crippen MR) is 149 cm³/mol. The normalized spacial score (nSPS) is 17.1. The van der Waals surface area contributed by atoms with Crippen molar-refractivity contribution >= 4 is 46.1 Å². The molecule has 6 rings (SSSR count). The van der Waals surface area contributed by atoms with Gasteiger partial charge in [-0.15, -0.1) is 0 Å². The van der Waals surface area contributed by atoms with Gasteiger partial charge in [-0.3, -0.25) is 9.59 Å². The number of amidine groups is 1. The van der Waals surface area contributed by atoms with Crippen LogP contribution in [0, 0.1) is 0 Å². The highest BCUT2D eigenvalue weighted by Crippen LogP contribution is 2.25. The highest BCUT2D eigenvalue weighted by molar-refractivity contribution is 6.20. The molecule has 2 aliphatic heterocycles. The second-order valence-corrected chi connectivity index (χ2v) is 9.47. The number of anilines is 2. The van der Waals surface area contributed by atoms with Crippen LogP contribution in [-0.4, -0.2) is 65.7 Å². The van der Waals surface area contributed by atoms with Crippen molar-refractivity contribution in [3.8, 4) is 0 Å². The van der Waals surface area contributed by atoms with Crippen molar-refractivity contribution in [2.24, 2.45) is 4.99 Å². The highest BCUT2D eigenvalue weighted by atomic mass is 16.2. The Hall–Kier alpha value is -4.76. The fraction of sp³-hybridized carbons (Fsp3) is 0.172. The monoisotopic (exact) mass is 505 g/mol. The van der Waals surface area contributed by atoms with Crippen LogP contribution in [0.25, 0.3) is 17.1 Å². The fourth-order valence-corrected chi connectivity index (χ4v) is 4.67. The molecule has 0 spiro atoms. The number of benzene rings is 2. The van der Waals surface area contributed by atoms with E-state index in [0.717, 1.165) is 48.4 Å². The first kappa shape index (κ1) is 23.6. The number of carbonyl (C=O) groups is 2. The molecule has 9 heteroatoms. The summed E-state index contributed by atoms with van der Waals surface area (Å²) >= 11 is 0. The third kappa shape index (κ3) is 4.79. The van der Waals surface area contributed by atoms with E-state index in [9.17, 15) is 9.59 Å². The van der Waals surface area contributed by atoms with E-state index in [1.807, 2.05) is 60.7 Å². The Kier molecular flexibility index (Phi) is 6.19. The minimum atomic E-state index is -0.268. The molecule has 4 aromatic rings. The summed E-state index contributed by atoms with van der Waals surface area (Å²) in [5.74, 6) is 0.0484. The Morgan fingerprint density at radius 2 is 1.84 bits per heavy atom. The summed E-state index contributed by atoms with van der Waals surface area (Å²) in [5.41, 5.74) is 4.75. The zero-order valence-electron chi connectivity index (χ0n) is 20.9. The number of fused-ring (bicyclic) bond motifs is 1. The number of carbonyl (C=O) groups excluding carboxylic acids is 2. The van der Waals surface area contributed by atoms with Crippen LogP contribution in [0.4, 0.5) is 11.4 Å². The van der Waals surface area contributed by atoms with Crippen molar-refractivity contribution in [3.05, 3.63) is 95.4 Å². The van der Waals surface area contributed by atoms with E-state index in [4.69, 9.17) is 0 Å². The van der Waals surface area contributed by atoms with E-state index in [0.29, 0.717) is 28.4 Å². The smallest absolute Gasteiger partial charge is 0.275 e. The van der Waals surface area contributed by atoms with E-state index < -0.39 is 0 Å². The molecule has 0 saturated carbocycles. The van der Waals surface area contributed by atoms with Crippen molar-refractivity contribution in [2.45, 2.75) is 0 Å². The minimum absolute atomic E-state index is 0.204.